The van der Waals surface area contributed by atoms with Crippen molar-refractivity contribution in [2.45, 2.75) is 12.6 Å². The van der Waals surface area contributed by atoms with E-state index in [2.05, 4.69) is 0 Å². The standard InChI is InChI=1S/C10H5ClF3NO2/c11-8-2-6(4-15)7(10(12,13)14)1-5(8)3-9(16)17/h1-2H,3H2,(H,16,17). The number of rotatable bonds is 2. The topological polar surface area (TPSA) is 61.1 Å². The molecule has 0 saturated heterocycles. The SMILES string of the molecule is N#Cc1cc(Cl)c(CC(=O)O)cc1C(F)(F)F. The van der Waals surface area contributed by atoms with Gasteiger partial charge in [0.2, 0.25) is 0 Å². The van der Waals surface area contributed by atoms with Gasteiger partial charge in [-0.1, -0.05) is 11.6 Å². The second kappa shape index (κ2) is 4.63. The van der Waals surface area contributed by atoms with Crippen LogP contribution in [0.4, 0.5) is 13.2 Å². The van der Waals surface area contributed by atoms with Gasteiger partial charge in [-0.25, -0.2) is 0 Å². The Kier molecular flexibility index (Phi) is 3.63. The first-order valence-corrected chi connectivity index (χ1v) is 4.65. The molecule has 0 amide bonds. The lowest BCUT2D eigenvalue weighted by molar-refractivity contribution is -0.139. The second-order valence-corrected chi connectivity index (χ2v) is 3.58. The summed E-state index contributed by atoms with van der Waals surface area (Å²) in [4.78, 5) is 10.4. The van der Waals surface area contributed by atoms with E-state index in [4.69, 9.17) is 22.0 Å². The molecule has 0 bridgehead atoms. The number of hydrogen-bond donors (Lipinski definition) is 1. The number of benzene rings is 1. The predicted molar refractivity (Wildman–Crippen MR) is 52.5 cm³/mol. The summed E-state index contributed by atoms with van der Waals surface area (Å²) in [5.41, 5.74) is -1.98. The molecule has 17 heavy (non-hydrogen) atoms. The van der Waals surface area contributed by atoms with E-state index >= 15 is 0 Å². The average molecular weight is 264 g/mol. The third-order valence-corrected chi connectivity index (χ3v) is 2.31. The van der Waals surface area contributed by atoms with Gasteiger partial charge in [-0.3, -0.25) is 4.79 Å². The number of aliphatic carboxylic acids is 1. The van der Waals surface area contributed by atoms with Crippen molar-refractivity contribution in [3.8, 4) is 6.07 Å². The quantitative estimate of drug-likeness (QED) is 0.892. The monoisotopic (exact) mass is 263 g/mol. The van der Waals surface area contributed by atoms with Crippen molar-refractivity contribution in [1.82, 2.24) is 0 Å². The smallest absolute Gasteiger partial charge is 0.417 e. The van der Waals surface area contributed by atoms with Crippen LogP contribution >= 0.6 is 11.6 Å². The van der Waals surface area contributed by atoms with E-state index in [0.717, 1.165) is 6.07 Å². The van der Waals surface area contributed by atoms with Crippen LogP contribution in [0, 0.1) is 11.3 Å². The Morgan fingerprint density at radius 2 is 2.06 bits per heavy atom. The summed E-state index contributed by atoms with van der Waals surface area (Å²) in [6.45, 7) is 0. The van der Waals surface area contributed by atoms with E-state index in [0.29, 0.717) is 6.07 Å². The summed E-state index contributed by atoms with van der Waals surface area (Å²) < 4.78 is 37.6. The highest BCUT2D eigenvalue weighted by atomic mass is 35.5. The van der Waals surface area contributed by atoms with Gasteiger partial charge in [0.25, 0.3) is 0 Å². The lowest BCUT2D eigenvalue weighted by Gasteiger charge is -2.11. The van der Waals surface area contributed by atoms with Gasteiger partial charge >= 0.3 is 12.1 Å². The maximum absolute atomic E-state index is 12.5. The van der Waals surface area contributed by atoms with Gasteiger partial charge in [-0.05, 0) is 17.7 Å². The van der Waals surface area contributed by atoms with Gasteiger partial charge in [0.15, 0.2) is 0 Å². The Labute approximate surface area is 99.0 Å². The van der Waals surface area contributed by atoms with E-state index < -0.39 is 29.7 Å². The molecule has 0 atom stereocenters. The van der Waals surface area contributed by atoms with Crippen LogP contribution in [0.3, 0.4) is 0 Å². The van der Waals surface area contributed by atoms with Crippen molar-refractivity contribution in [3.63, 3.8) is 0 Å². The van der Waals surface area contributed by atoms with Crippen LogP contribution in [-0.2, 0) is 17.4 Å². The number of halogens is 4. The number of nitriles is 1. The first-order valence-electron chi connectivity index (χ1n) is 4.27. The van der Waals surface area contributed by atoms with Crippen LogP contribution in [-0.4, -0.2) is 11.1 Å². The number of alkyl halides is 3. The molecule has 1 rings (SSSR count). The van der Waals surface area contributed by atoms with E-state index in [-0.39, 0.29) is 10.6 Å². The van der Waals surface area contributed by atoms with E-state index in [1.165, 1.54) is 6.07 Å². The van der Waals surface area contributed by atoms with Crippen molar-refractivity contribution in [2.75, 3.05) is 0 Å². The molecule has 0 aliphatic carbocycles. The molecule has 0 unspecified atom stereocenters. The molecule has 3 nitrogen and oxygen atoms in total. The molecule has 0 fully saturated rings. The first-order chi connectivity index (χ1) is 7.75. The third-order valence-electron chi connectivity index (χ3n) is 1.95. The van der Waals surface area contributed by atoms with Crippen molar-refractivity contribution < 1.29 is 23.1 Å². The van der Waals surface area contributed by atoms with Crippen LogP contribution in [0.2, 0.25) is 5.02 Å². The van der Waals surface area contributed by atoms with Gasteiger partial charge in [-0.2, -0.15) is 18.4 Å². The zero-order valence-corrected chi connectivity index (χ0v) is 8.93. The molecular weight excluding hydrogens is 259 g/mol. The maximum Gasteiger partial charge on any atom is 0.417 e. The fourth-order valence-electron chi connectivity index (χ4n) is 1.24. The molecule has 0 heterocycles. The molecule has 0 spiro atoms. The zero-order chi connectivity index (χ0) is 13.2. The highest BCUT2D eigenvalue weighted by molar-refractivity contribution is 6.31. The lowest BCUT2D eigenvalue weighted by Crippen LogP contribution is -2.10. The zero-order valence-electron chi connectivity index (χ0n) is 8.18. The van der Waals surface area contributed by atoms with Crippen LogP contribution in [0.25, 0.3) is 0 Å². The lowest BCUT2D eigenvalue weighted by atomic mass is 10.0. The van der Waals surface area contributed by atoms with Crippen LogP contribution in [0.5, 0.6) is 0 Å². The van der Waals surface area contributed by atoms with E-state index in [1.807, 2.05) is 0 Å². The summed E-state index contributed by atoms with van der Waals surface area (Å²) in [5.74, 6) is -1.30. The van der Waals surface area contributed by atoms with Gasteiger partial charge in [0, 0.05) is 5.02 Å². The number of hydrogen-bond acceptors (Lipinski definition) is 2. The van der Waals surface area contributed by atoms with Gasteiger partial charge in [0.05, 0.1) is 23.6 Å². The maximum atomic E-state index is 12.5. The molecule has 0 aromatic heterocycles. The summed E-state index contributed by atoms with van der Waals surface area (Å²) in [7, 11) is 0. The van der Waals surface area contributed by atoms with Crippen molar-refractivity contribution in [2.24, 2.45) is 0 Å². The minimum absolute atomic E-state index is 0.169. The number of carboxylic acids is 1. The number of carboxylic acid groups (broad SMARTS) is 1. The molecule has 1 aromatic carbocycles. The summed E-state index contributed by atoms with van der Waals surface area (Å²) >= 11 is 5.59. The Morgan fingerprint density at radius 1 is 1.47 bits per heavy atom. The molecule has 0 aliphatic rings. The number of carbonyl (C=O) groups is 1. The van der Waals surface area contributed by atoms with Gasteiger partial charge in [-0.15, -0.1) is 0 Å². The molecule has 7 heteroatoms. The Morgan fingerprint density at radius 3 is 2.47 bits per heavy atom. The third kappa shape index (κ3) is 3.11. The molecule has 0 aliphatic heterocycles. The highest BCUT2D eigenvalue weighted by Crippen LogP contribution is 2.34. The normalized spacial score (nSPS) is 11.0. The van der Waals surface area contributed by atoms with E-state index in [1.54, 1.807) is 0 Å². The fourth-order valence-corrected chi connectivity index (χ4v) is 1.47. The average Bonchev–Trinajstić information content (AvgIpc) is 2.18. The molecule has 1 aromatic rings. The minimum Gasteiger partial charge on any atom is -0.481 e. The van der Waals surface area contributed by atoms with Crippen molar-refractivity contribution in [1.29, 1.82) is 5.26 Å². The Hall–Kier alpha value is -1.74. The highest BCUT2D eigenvalue weighted by Gasteiger charge is 2.34. The summed E-state index contributed by atoms with van der Waals surface area (Å²) in [5, 5.41) is 16.9. The predicted octanol–water partition coefficient (Wildman–Crippen LogP) is 2.86. The molecule has 0 radical (unpaired) electrons. The molecule has 1 N–H and O–H groups in total. The van der Waals surface area contributed by atoms with Gasteiger partial charge < -0.3 is 5.11 Å². The fraction of sp³-hybridized carbons (Fsp3) is 0.200. The molecular formula is C10H5ClF3NO2. The number of nitrogens with zero attached hydrogens (tertiary/aromatic N) is 1. The summed E-state index contributed by atoms with van der Waals surface area (Å²) in [6.07, 6.45) is -5.35. The summed E-state index contributed by atoms with van der Waals surface area (Å²) in [6, 6.07) is 2.79. The van der Waals surface area contributed by atoms with E-state index in [9.17, 15) is 18.0 Å². The van der Waals surface area contributed by atoms with Crippen LogP contribution < -0.4 is 0 Å². The largest absolute Gasteiger partial charge is 0.481 e. The van der Waals surface area contributed by atoms with Crippen molar-refractivity contribution in [3.05, 3.63) is 33.8 Å². The van der Waals surface area contributed by atoms with Crippen LogP contribution in [0.1, 0.15) is 16.7 Å². The van der Waals surface area contributed by atoms with Crippen molar-refractivity contribution >= 4 is 17.6 Å². The first kappa shape index (κ1) is 13.3. The molecule has 0 saturated carbocycles. The van der Waals surface area contributed by atoms with Crippen LogP contribution in [0.15, 0.2) is 12.1 Å². The van der Waals surface area contributed by atoms with Gasteiger partial charge in [0.1, 0.15) is 0 Å². The Balaban J connectivity index is 3.39. The minimum atomic E-state index is -4.72. The second-order valence-electron chi connectivity index (χ2n) is 3.17. The molecule has 90 valence electrons. The Bertz CT molecular complexity index is 505.